The Balaban J connectivity index is 1.79. The molecule has 0 radical (unpaired) electrons. The van der Waals surface area contributed by atoms with E-state index in [2.05, 4.69) is 31.4 Å². The maximum absolute atomic E-state index is 12.0. The minimum Gasteiger partial charge on any atom is -0.508 e. The molecule has 2 amide bonds. The molecule has 0 heterocycles. The number of carbonyl (C=O) groups excluding carboxylic acids is 1. The summed E-state index contributed by atoms with van der Waals surface area (Å²) < 4.78 is 0. The van der Waals surface area contributed by atoms with Gasteiger partial charge in [-0.05, 0) is 42.4 Å². The molecule has 1 aliphatic carbocycles. The fraction of sp³-hybridized carbons (Fsp3) is 0.588. The number of aliphatic hydroxyl groups is 1. The molecule has 1 atom stereocenters. The van der Waals surface area contributed by atoms with E-state index in [0.29, 0.717) is 5.56 Å². The fourth-order valence-electron chi connectivity index (χ4n) is 2.80. The number of benzene rings is 1. The Labute approximate surface area is 131 Å². The van der Waals surface area contributed by atoms with Gasteiger partial charge in [0, 0.05) is 12.1 Å². The number of aromatic hydroxyl groups is 1. The van der Waals surface area contributed by atoms with Gasteiger partial charge in [0.15, 0.2) is 0 Å². The van der Waals surface area contributed by atoms with E-state index in [4.69, 9.17) is 0 Å². The fourth-order valence-corrected chi connectivity index (χ4v) is 2.80. The second-order valence-corrected chi connectivity index (χ2v) is 7.46. The first-order valence-corrected chi connectivity index (χ1v) is 7.72. The van der Waals surface area contributed by atoms with E-state index >= 15 is 0 Å². The molecule has 1 aliphatic rings. The van der Waals surface area contributed by atoms with Crippen molar-refractivity contribution >= 4 is 6.03 Å². The van der Waals surface area contributed by atoms with Crippen LogP contribution in [-0.2, 0) is 0 Å². The number of phenolic OH excluding ortho intramolecular Hbond substituents is 1. The summed E-state index contributed by atoms with van der Waals surface area (Å²) in [5.74, 6) is 0.152. The van der Waals surface area contributed by atoms with Crippen molar-refractivity contribution in [2.45, 2.75) is 51.7 Å². The number of hydrogen-bond donors (Lipinski definition) is 4. The Morgan fingerprint density at radius 2 is 1.86 bits per heavy atom. The van der Waals surface area contributed by atoms with Gasteiger partial charge in [0.1, 0.15) is 5.75 Å². The number of rotatable bonds is 5. The summed E-state index contributed by atoms with van der Waals surface area (Å²) in [5, 5.41) is 25.0. The Hall–Kier alpha value is -1.75. The lowest BCUT2D eigenvalue weighted by Crippen LogP contribution is -2.46. The number of carbonyl (C=O) groups is 1. The summed E-state index contributed by atoms with van der Waals surface area (Å²) in [6, 6.07) is 6.07. The molecule has 1 fully saturated rings. The van der Waals surface area contributed by atoms with Crippen LogP contribution in [0.2, 0.25) is 0 Å². The van der Waals surface area contributed by atoms with Crippen molar-refractivity contribution < 1.29 is 15.0 Å². The van der Waals surface area contributed by atoms with Crippen LogP contribution in [0, 0.1) is 5.41 Å². The lowest BCUT2D eigenvalue weighted by Gasteiger charge is -2.27. The highest BCUT2D eigenvalue weighted by Gasteiger charge is 2.46. The number of nitrogens with one attached hydrogen (secondary N) is 2. The number of amides is 2. The monoisotopic (exact) mass is 306 g/mol. The molecule has 4 N–H and O–H groups in total. The van der Waals surface area contributed by atoms with Crippen LogP contribution >= 0.6 is 0 Å². The molecule has 5 nitrogen and oxygen atoms in total. The first-order chi connectivity index (χ1) is 10.2. The molecule has 22 heavy (non-hydrogen) atoms. The van der Waals surface area contributed by atoms with E-state index in [1.165, 1.54) is 12.1 Å². The summed E-state index contributed by atoms with van der Waals surface area (Å²) in [6.45, 7) is 6.64. The third-order valence-electron chi connectivity index (χ3n) is 3.83. The average Bonchev–Trinajstić information content (AvgIpc) is 3.13. The highest BCUT2D eigenvalue weighted by atomic mass is 16.3. The zero-order chi connectivity index (χ0) is 16.4. The Bertz CT molecular complexity index is 516. The second-order valence-electron chi connectivity index (χ2n) is 7.46. The smallest absolute Gasteiger partial charge is 0.315 e. The van der Waals surface area contributed by atoms with E-state index in [0.717, 1.165) is 19.3 Å². The SMILES string of the molecule is CC(C)(C)CC1(NC(=O)NC[C@@H](O)c2ccc(O)cc2)CC1. The first-order valence-electron chi connectivity index (χ1n) is 7.72. The molecule has 5 heteroatoms. The second kappa shape index (κ2) is 6.16. The van der Waals surface area contributed by atoms with Crippen LogP contribution in [0.3, 0.4) is 0 Å². The zero-order valence-electron chi connectivity index (χ0n) is 13.5. The van der Waals surface area contributed by atoms with Gasteiger partial charge in [-0.3, -0.25) is 0 Å². The predicted octanol–water partition coefficient (Wildman–Crippen LogP) is 2.69. The highest BCUT2D eigenvalue weighted by Crippen LogP contribution is 2.44. The Kier molecular flexibility index (Phi) is 4.66. The van der Waals surface area contributed by atoms with Crippen molar-refractivity contribution in [3.05, 3.63) is 29.8 Å². The molecule has 1 saturated carbocycles. The van der Waals surface area contributed by atoms with Gasteiger partial charge < -0.3 is 20.8 Å². The average molecular weight is 306 g/mol. The normalized spacial score (nSPS) is 17.6. The van der Waals surface area contributed by atoms with Crippen molar-refractivity contribution in [2.24, 2.45) is 5.41 Å². The molecule has 0 aliphatic heterocycles. The van der Waals surface area contributed by atoms with Gasteiger partial charge in [-0.2, -0.15) is 0 Å². The summed E-state index contributed by atoms with van der Waals surface area (Å²) in [7, 11) is 0. The lowest BCUT2D eigenvalue weighted by atomic mass is 9.87. The molecule has 2 rings (SSSR count). The zero-order valence-corrected chi connectivity index (χ0v) is 13.5. The van der Waals surface area contributed by atoms with E-state index < -0.39 is 6.10 Å². The van der Waals surface area contributed by atoms with Gasteiger partial charge in [0.25, 0.3) is 0 Å². The van der Waals surface area contributed by atoms with Gasteiger partial charge >= 0.3 is 6.03 Å². The van der Waals surface area contributed by atoms with E-state index in [-0.39, 0.29) is 29.3 Å². The predicted molar refractivity (Wildman–Crippen MR) is 85.6 cm³/mol. The van der Waals surface area contributed by atoms with Crippen molar-refractivity contribution in [1.29, 1.82) is 0 Å². The minimum atomic E-state index is -0.788. The quantitative estimate of drug-likeness (QED) is 0.675. The molecule has 122 valence electrons. The highest BCUT2D eigenvalue weighted by molar-refractivity contribution is 5.75. The van der Waals surface area contributed by atoms with Gasteiger partial charge in [-0.1, -0.05) is 32.9 Å². The molecule has 0 unspecified atom stereocenters. The van der Waals surface area contributed by atoms with Crippen molar-refractivity contribution in [3.8, 4) is 5.75 Å². The van der Waals surface area contributed by atoms with Crippen LogP contribution in [0.1, 0.15) is 51.7 Å². The molecule has 1 aromatic rings. The molecular weight excluding hydrogens is 280 g/mol. The maximum Gasteiger partial charge on any atom is 0.315 e. The number of urea groups is 1. The van der Waals surface area contributed by atoms with Crippen LogP contribution in [0.15, 0.2) is 24.3 Å². The van der Waals surface area contributed by atoms with Gasteiger partial charge in [0.2, 0.25) is 0 Å². The number of phenols is 1. The van der Waals surface area contributed by atoms with Gasteiger partial charge in [-0.25, -0.2) is 4.79 Å². The van der Waals surface area contributed by atoms with E-state index in [1.54, 1.807) is 12.1 Å². The third-order valence-corrected chi connectivity index (χ3v) is 3.83. The van der Waals surface area contributed by atoms with Crippen LogP contribution < -0.4 is 10.6 Å². The lowest BCUT2D eigenvalue weighted by molar-refractivity contribution is 0.171. The van der Waals surface area contributed by atoms with E-state index in [9.17, 15) is 15.0 Å². The number of aliphatic hydroxyl groups excluding tert-OH is 1. The summed E-state index contributed by atoms with van der Waals surface area (Å²) >= 11 is 0. The topological polar surface area (TPSA) is 81.6 Å². The number of hydrogen-bond acceptors (Lipinski definition) is 3. The summed E-state index contributed by atoms with van der Waals surface area (Å²) in [4.78, 5) is 12.0. The van der Waals surface area contributed by atoms with Gasteiger partial charge in [-0.15, -0.1) is 0 Å². The van der Waals surface area contributed by atoms with Crippen LogP contribution in [0.25, 0.3) is 0 Å². The largest absolute Gasteiger partial charge is 0.508 e. The first kappa shape index (κ1) is 16.6. The van der Waals surface area contributed by atoms with Crippen LogP contribution in [-0.4, -0.2) is 28.3 Å². The molecule has 0 aromatic heterocycles. The van der Waals surface area contributed by atoms with Crippen molar-refractivity contribution in [2.75, 3.05) is 6.54 Å². The van der Waals surface area contributed by atoms with Crippen molar-refractivity contribution in [1.82, 2.24) is 10.6 Å². The molecule has 0 bridgehead atoms. The minimum absolute atomic E-state index is 0.0776. The molecule has 0 saturated heterocycles. The third kappa shape index (κ3) is 4.91. The Morgan fingerprint density at radius 1 is 1.27 bits per heavy atom. The Morgan fingerprint density at radius 3 is 2.36 bits per heavy atom. The summed E-state index contributed by atoms with van der Waals surface area (Å²) in [6.07, 6.45) is 2.19. The van der Waals surface area contributed by atoms with Crippen LogP contribution in [0.4, 0.5) is 4.79 Å². The van der Waals surface area contributed by atoms with Crippen LogP contribution in [0.5, 0.6) is 5.75 Å². The maximum atomic E-state index is 12.0. The molecule has 1 aromatic carbocycles. The molecular formula is C17H26N2O3. The standard InChI is InChI=1S/C17H26N2O3/c1-16(2,3)11-17(8-9-17)19-15(22)18-10-14(21)12-4-6-13(20)7-5-12/h4-7,14,20-21H,8-11H2,1-3H3,(H2,18,19,22)/t14-/m1/s1. The summed E-state index contributed by atoms with van der Waals surface area (Å²) in [5.41, 5.74) is 0.759. The van der Waals surface area contributed by atoms with E-state index in [1.807, 2.05) is 0 Å². The van der Waals surface area contributed by atoms with Crippen molar-refractivity contribution in [3.63, 3.8) is 0 Å². The molecule has 0 spiro atoms. The van der Waals surface area contributed by atoms with Gasteiger partial charge in [0.05, 0.1) is 6.10 Å².